The van der Waals surface area contributed by atoms with Crippen LogP contribution in [-0.2, 0) is 9.59 Å². The van der Waals surface area contributed by atoms with Crippen LogP contribution in [0.25, 0.3) is 6.08 Å². The van der Waals surface area contributed by atoms with E-state index in [9.17, 15) is 4.79 Å². The first-order valence-electron chi connectivity index (χ1n) is 11.4. The maximum atomic E-state index is 12.7. The molecule has 1 aliphatic heterocycles. The molecule has 2 aromatic rings. The van der Waals surface area contributed by atoms with Crippen molar-refractivity contribution in [2.24, 2.45) is 0 Å². The fourth-order valence-corrected chi connectivity index (χ4v) is 3.83. The van der Waals surface area contributed by atoms with E-state index in [1.165, 1.54) is 25.9 Å². The highest BCUT2D eigenvalue weighted by atomic mass is 16.5. The van der Waals surface area contributed by atoms with E-state index in [1.54, 1.807) is 13.2 Å². The Morgan fingerprint density at radius 3 is 2.06 bits per heavy atom. The van der Waals surface area contributed by atoms with Gasteiger partial charge in [-0.25, -0.2) is 9.59 Å². The lowest BCUT2D eigenvalue weighted by molar-refractivity contribution is -0.159. The Morgan fingerprint density at radius 1 is 0.943 bits per heavy atom. The highest BCUT2D eigenvalue weighted by Crippen LogP contribution is 2.26. The van der Waals surface area contributed by atoms with E-state index in [2.05, 4.69) is 4.90 Å². The molecule has 8 heteroatoms. The minimum Gasteiger partial charge on any atom is -0.497 e. The van der Waals surface area contributed by atoms with Gasteiger partial charge in [0.15, 0.2) is 5.78 Å². The number of hydrogen-bond donors (Lipinski definition) is 2. The van der Waals surface area contributed by atoms with Gasteiger partial charge in [0.25, 0.3) is 0 Å². The highest BCUT2D eigenvalue weighted by molar-refractivity contribution is 6.27. The summed E-state index contributed by atoms with van der Waals surface area (Å²) in [5.74, 6) is -1.94. The summed E-state index contributed by atoms with van der Waals surface area (Å²) in [5.41, 5.74) is 4.78. The van der Waals surface area contributed by atoms with Crippen LogP contribution >= 0.6 is 0 Å². The van der Waals surface area contributed by atoms with Crippen LogP contribution in [0, 0.1) is 20.8 Å². The third kappa shape index (κ3) is 8.57. The molecule has 0 radical (unpaired) electrons. The number of likely N-dealkylation sites (tertiary alicyclic amines) is 1. The quantitative estimate of drug-likeness (QED) is 0.327. The molecule has 1 heterocycles. The van der Waals surface area contributed by atoms with E-state index < -0.39 is 11.9 Å². The van der Waals surface area contributed by atoms with Crippen molar-refractivity contribution >= 4 is 23.8 Å². The van der Waals surface area contributed by atoms with Crippen LogP contribution < -0.4 is 9.47 Å². The van der Waals surface area contributed by atoms with Gasteiger partial charge in [-0.2, -0.15) is 0 Å². The normalized spacial score (nSPS) is 13.3. The average Bonchev–Trinajstić information content (AvgIpc) is 3.33. The SMILES string of the molecule is COc1ccc(C=CC(=O)c2cc(C)c(OCCN3CCCC3)c(C)c2)c(C)c1.O=C(O)C(=O)O. The number of nitrogens with zero attached hydrogens (tertiary/aromatic N) is 1. The first-order chi connectivity index (χ1) is 16.6. The van der Waals surface area contributed by atoms with Gasteiger partial charge < -0.3 is 19.7 Å². The third-order valence-corrected chi connectivity index (χ3v) is 5.67. The fraction of sp³-hybridized carbons (Fsp3) is 0.370. The zero-order valence-corrected chi connectivity index (χ0v) is 20.7. The largest absolute Gasteiger partial charge is 0.497 e. The monoisotopic (exact) mass is 483 g/mol. The number of hydrogen-bond acceptors (Lipinski definition) is 6. The summed E-state index contributed by atoms with van der Waals surface area (Å²) in [4.78, 5) is 33.3. The standard InChI is InChI=1S/C25H31NO3.C2H2O4/c1-18-17-23(28-4)9-7-21(18)8-10-24(27)22-15-19(2)25(20(3)16-22)29-14-13-26-11-5-6-12-26;3-1(4)2(5)6/h7-10,15-17H,5-6,11-14H2,1-4H3;(H,3,4)(H,5,6). The van der Waals surface area contributed by atoms with Crippen molar-refractivity contribution in [2.75, 3.05) is 33.4 Å². The van der Waals surface area contributed by atoms with Gasteiger partial charge in [-0.3, -0.25) is 9.69 Å². The lowest BCUT2D eigenvalue weighted by Gasteiger charge is -2.17. The molecule has 0 bridgehead atoms. The summed E-state index contributed by atoms with van der Waals surface area (Å²) >= 11 is 0. The van der Waals surface area contributed by atoms with Crippen molar-refractivity contribution in [3.05, 3.63) is 64.2 Å². The van der Waals surface area contributed by atoms with E-state index in [-0.39, 0.29) is 5.78 Å². The molecule has 0 atom stereocenters. The molecule has 188 valence electrons. The Bertz CT molecular complexity index is 1050. The van der Waals surface area contributed by atoms with Gasteiger partial charge in [0.1, 0.15) is 18.1 Å². The van der Waals surface area contributed by atoms with Gasteiger partial charge in [0.2, 0.25) is 0 Å². The lowest BCUT2D eigenvalue weighted by Crippen LogP contribution is -2.25. The average molecular weight is 484 g/mol. The lowest BCUT2D eigenvalue weighted by atomic mass is 10.0. The Labute approximate surface area is 205 Å². The number of allylic oxidation sites excluding steroid dienone is 1. The number of benzene rings is 2. The van der Waals surface area contributed by atoms with Crippen molar-refractivity contribution < 1.29 is 34.1 Å². The first-order valence-corrected chi connectivity index (χ1v) is 11.4. The summed E-state index contributed by atoms with van der Waals surface area (Å²) in [5, 5.41) is 14.8. The van der Waals surface area contributed by atoms with Gasteiger partial charge >= 0.3 is 11.9 Å². The maximum absolute atomic E-state index is 12.7. The molecule has 0 aromatic heterocycles. The molecular weight excluding hydrogens is 450 g/mol. The number of methoxy groups -OCH3 is 1. The fourth-order valence-electron chi connectivity index (χ4n) is 3.83. The van der Waals surface area contributed by atoms with Crippen molar-refractivity contribution in [2.45, 2.75) is 33.6 Å². The van der Waals surface area contributed by atoms with Crippen molar-refractivity contribution in [3.8, 4) is 11.5 Å². The van der Waals surface area contributed by atoms with E-state index in [4.69, 9.17) is 29.3 Å². The molecule has 0 amide bonds. The summed E-state index contributed by atoms with van der Waals surface area (Å²) < 4.78 is 11.3. The molecule has 1 fully saturated rings. The molecule has 35 heavy (non-hydrogen) atoms. The van der Waals surface area contributed by atoms with E-state index in [0.717, 1.165) is 40.3 Å². The molecule has 8 nitrogen and oxygen atoms in total. The van der Waals surface area contributed by atoms with Crippen LogP contribution in [0.5, 0.6) is 11.5 Å². The Kier molecular flexibility index (Phi) is 10.5. The third-order valence-electron chi connectivity index (χ3n) is 5.67. The van der Waals surface area contributed by atoms with Crippen molar-refractivity contribution in [1.29, 1.82) is 0 Å². The van der Waals surface area contributed by atoms with Gasteiger partial charge in [-0.1, -0.05) is 12.1 Å². The zero-order chi connectivity index (χ0) is 26.0. The summed E-state index contributed by atoms with van der Waals surface area (Å²) in [6.45, 7) is 10.0. The number of carbonyl (C=O) groups is 3. The molecule has 2 aromatic carbocycles. The molecule has 0 saturated carbocycles. The van der Waals surface area contributed by atoms with Crippen LogP contribution in [0.2, 0.25) is 0 Å². The van der Waals surface area contributed by atoms with Crippen LogP contribution in [0.3, 0.4) is 0 Å². The number of carboxylic acids is 2. The molecule has 2 N–H and O–H groups in total. The van der Waals surface area contributed by atoms with Crippen LogP contribution in [0.4, 0.5) is 0 Å². The zero-order valence-electron chi connectivity index (χ0n) is 20.7. The first kappa shape index (κ1) is 27.6. The Morgan fingerprint density at radius 2 is 1.54 bits per heavy atom. The predicted molar refractivity (Wildman–Crippen MR) is 133 cm³/mol. The number of aliphatic carboxylic acids is 2. The van der Waals surface area contributed by atoms with Gasteiger partial charge in [-0.15, -0.1) is 0 Å². The summed E-state index contributed by atoms with van der Waals surface area (Å²) in [6.07, 6.45) is 6.08. The van der Waals surface area contributed by atoms with E-state index >= 15 is 0 Å². The van der Waals surface area contributed by atoms with Crippen LogP contribution in [0.1, 0.15) is 45.5 Å². The number of rotatable bonds is 8. The topological polar surface area (TPSA) is 113 Å². The highest BCUT2D eigenvalue weighted by Gasteiger charge is 2.13. The molecule has 0 spiro atoms. The van der Waals surface area contributed by atoms with Crippen molar-refractivity contribution in [3.63, 3.8) is 0 Å². The van der Waals surface area contributed by atoms with Gasteiger partial charge in [0.05, 0.1) is 7.11 Å². The number of ketones is 1. The second-order valence-electron chi connectivity index (χ2n) is 8.37. The van der Waals surface area contributed by atoms with Crippen molar-refractivity contribution in [1.82, 2.24) is 4.90 Å². The van der Waals surface area contributed by atoms with E-state index in [0.29, 0.717) is 12.2 Å². The molecule has 1 aliphatic rings. The minimum atomic E-state index is -1.82. The van der Waals surface area contributed by atoms with Crippen LogP contribution in [0.15, 0.2) is 36.4 Å². The number of ether oxygens (including phenoxy) is 2. The molecule has 3 rings (SSSR count). The molecule has 1 saturated heterocycles. The Balaban J connectivity index is 0.000000641. The number of aryl methyl sites for hydroxylation is 3. The number of carboxylic acid groups (broad SMARTS) is 2. The Hall–Kier alpha value is -3.65. The second kappa shape index (κ2) is 13.3. The number of carbonyl (C=O) groups excluding carboxylic acids is 1. The minimum absolute atomic E-state index is 0.00460. The second-order valence-corrected chi connectivity index (χ2v) is 8.37. The van der Waals surface area contributed by atoms with Crippen LogP contribution in [-0.4, -0.2) is 66.2 Å². The molecule has 0 unspecified atom stereocenters. The summed E-state index contributed by atoms with van der Waals surface area (Å²) in [7, 11) is 1.65. The smallest absolute Gasteiger partial charge is 0.414 e. The maximum Gasteiger partial charge on any atom is 0.414 e. The molecular formula is C27H33NO7. The summed E-state index contributed by atoms with van der Waals surface area (Å²) in [6, 6.07) is 9.68. The van der Waals surface area contributed by atoms with E-state index in [1.807, 2.05) is 57.2 Å². The van der Waals surface area contributed by atoms with Gasteiger partial charge in [0, 0.05) is 12.1 Å². The molecule has 0 aliphatic carbocycles. The van der Waals surface area contributed by atoms with Gasteiger partial charge in [-0.05, 0) is 99.3 Å². The predicted octanol–water partition coefficient (Wildman–Crippen LogP) is 4.15.